The molecular weight excluding hydrogens is 232 g/mol. The second-order valence-electron chi connectivity index (χ2n) is 6.68. The molecule has 0 bridgehead atoms. The van der Waals surface area contributed by atoms with E-state index >= 15 is 0 Å². The van der Waals surface area contributed by atoms with Gasteiger partial charge in [0.15, 0.2) is 6.54 Å². The van der Waals surface area contributed by atoms with E-state index in [0.29, 0.717) is 13.1 Å². The molecule has 5 nitrogen and oxygen atoms in total. The molecule has 0 aromatic rings. The maximum atomic E-state index is 5.97. The van der Waals surface area contributed by atoms with Crippen LogP contribution in [0.4, 0.5) is 0 Å². The second kappa shape index (κ2) is 6.30. The van der Waals surface area contributed by atoms with Gasteiger partial charge in [-0.2, -0.15) is 0 Å². The van der Waals surface area contributed by atoms with E-state index in [1.807, 2.05) is 55.4 Å². The Morgan fingerprint density at radius 2 is 1.33 bits per heavy atom. The van der Waals surface area contributed by atoms with Gasteiger partial charge in [0.2, 0.25) is 0 Å². The predicted molar refractivity (Wildman–Crippen MR) is 72.1 cm³/mol. The monoisotopic (exact) mass is 263 g/mol. The standard InChI is InChI=1S/C13H31N2O3/c1-11(2)16-15(10-9-14,17-12(3,4)5)18-13(6,7)8/h11H,9-10,14H2,1-8H3/q+1. The number of nitrogens with two attached hydrogens (primary N) is 1. The van der Waals surface area contributed by atoms with Crippen LogP contribution < -0.4 is 5.73 Å². The first-order chi connectivity index (χ1) is 7.89. The summed E-state index contributed by atoms with van der Waals surface area (Å²) in [5.74, 6) is 0. The van der Waals surface area contributed by atoms with Crippen molar-refractivity contribution in [1.82, 2.24) is 0 Å². The number of quaternary nitrogens is 1. The SMILES string of the molecule is CC(C)O[N+](CCN)(OC(C)(C)C)OC(C)(C)C. The first kappa shape index (κ1) is 17.8. The van der Waals surface area contributed by atoms with Gasteiger partial charge in [-0.1, -0.05) is 0 Å². The van der Waals surface area contributed by atoms with Gasteiger partial charge in [0.1, 0.15) is 17.3 Å². The molecule has 0 amide bonds. The van der Waals surface area contributed by atoms with Crippen molar-refractivity contribution in [3.05, 3.63) is 0 Å². The lowest BCUT2D eigenvalue weighted by Gasteiger charge is -2.38. The molecule has 110 valence electrons. The zero-order valence-corrected chi connectivity index (χ0v) is 13.2. The van der Waals surface area contributed by atoms with Crippen LogP contribution >= 0.6 is 0 Å². The highest BCUT2D eigenvalue weighted by Gasteiger charge is 2.44. The Hall–Kier alpha value is -0.200. The molecule has 0 aromatic carbocycles. The molecule has 0 aliphatic carbocycles. The van der Waals surface area contributed by atoms with E-state index in [1.54, 1.807) is 0 Å². The molecule has 0 unspecified atom stereocenters. The Morgan fingerprint density at radius 3 is 1.56 bits per heavy atom. The molecule has 0 aromatic heterocycles. The van der Waals surface area contributed by atoms with E-state index in [4.69, 9.17) is 20.2 Å². The summed E-state index contributed by atoms with van der Waals surface area (Å²) in [6, 6.07) is 0. The normalized spacial score (nSPS) is 14.3. The number of hydrogen-bond donors (Lipinski definition) is 1. The molecule has 0 aliphatic heterocycles. The Morgan fingerprint density at radius 1 is 0.944 bits per heavy atom. The Bertz CT molecular complexity index is 226. The number of hydrogen-bond acceptors (Lipinski definition) is 4. The first-order valence-corrected chi connectivity index (χ1v) is 6.57. The third-order valence-electron chi connectivity index (χ3n) is 1.60. The quantitative estimate of drug-likeness (QED) is 0.591. The van der Waals surface area contributed by atoms with Crippen LogP contribution in [0, 0.1) is 0 Å². The lowest BCUT2D eigenvalue weighted by molar-refractivity contribution is -1.38. The molecule has 2 N–H and O–H groups in total. The van der Waals surface area contributed by atoms with Crippen molar-refractivity contribution in [3.8, 4) is 0 Å². The summed E-state index contributed by atoms with van der Waals surface area (Å²) in [7, 11) is 0. The summed E-state index contributed by atoms with van der Waals surface area (Å²) in [6.07, 6.45) is -0.0266. The Labute approximate surface area is 112 Å². The van der Waals surface area contributed by atoms with Gasteiger partial charge in [-0.3, -0.25) is 0 Å². The Balaban J connectivity index is 5.14. The van der Waals surface area contributed by atoms with Gasteiger partial charge in [-0.05, 0) is 55.4 Å². The van der Waals surface area contributed by atoms with E-state index in [1.165, 1.54) is 0 Å². The fraction of sp³-hybridized carbons (Fsp3) is 1.00. The van der Waals surface area contributed by atoms with E-state index in [2.05, 4.69) is 0 Å². The summed E-state index contributed by atoms with van der Waals surface area (Å²) in [4.78, 5) is 17.4. The van der Waals surface area contributed by atoms with Gasteiger partial charge in [-0.25, -0.2) is 0 Å². The minimum absolute atomic E-state index is 0.0266. The average Bonchev–Trinajstić information content (AvgIpc) is 1.93. The maximum absolute atomic E-state index is 5.97. The topological polar surface area (TPSA) is 53.7 Å². The molecule has 0 saturated heterocycles. The molecule has 0 radical (unpaired) electrons. The summed E-state index contributed by atoms with van der Waals surface area (Å²) >= 11 is 0. The summed E-state index contributed by atoms with van der Waals surface area (Å²) in [5, 5.41) is 0. The molecule has 5 heteroatoms. The summed E-state index contributed by atoms with van der Waals surface area (Å²) < 4.78 is 0. The van der Waals surface area contributed by atoms with Crippen molar-refractivity contribution < 1.29 is 19.5 Å². The fourth-order valence-electron chi connectivity index (χ4n) is 1.52. The van der Waals surface area contributed by atoms with Crippen LogP contribution in [0.25, 0.3) is 0 Å². The van der Waals surface area contributed by atoms with Crippen molar-refractivity contribution >= 4 is 0 Å². The van der Waals surface area contributed by atoms with Crippen LogP contribution in [0.5, 0.6) is 0 Å². The smallest absolute Gasteiger partial charge is 0.190 e. The maximum Gasteiger partial charge on any atom is 0.190 e. The van der Waals surface area contributed by atoms with Crippen molar-refractivity contribution in [3.63, 3.8) is 0 Å². The zero-order valence-electron chi connectivity index (χ0n) is 13.2. The van der Waals surface area contributed by atoms with Gasteiger partial charge in [0.05, 0.1) is 11.5 Å². The molecule has 0 saturated carbocycles. The number of nitrogens with zero attached hydrogens (tertiary/aromatic N) is 1. The second-order valence-corrected chi connectivity index (χ2v) is 6.68. The number of hydroxylamine groups is 3. The summed E-state index contributed by atoms with van der Waals surface area (Å²) in [5.41, 5.74) is 4.89. The molecule has 0 spiro atoms. The minimum Gasteiger partial charge on any atom is -0.325 e. The zero-order chi connectivity index (χ0) is 14.6. The fourth-order valence-corrected chi connectivity index (χ4v) is 1.52. The number of rotatable bonds is 6. The average molecular weight is 263 g/mol. The van der Waals surface area contributed by atoms with Crippen LogP contribution in [0.15, 0.2) is 0 Å². The van der Waals surface area contributed by atoms with Crippen molar-refractivity contribution in [1.29, 1.82) is 0 Å². The third-order valence-corrected chi connectivity index (χ3v) is 1.60. The van der Waals surface area contributed by atoms with E-state index in [9.17, 15) is 0 Å². The van der Waals surface area contributed by atoms with Crippen LogP contribution in [0.1, 0.15) is 55.4 Å². The predicted octanol–water partition coefficient (Wildman–Crippen LogP) is 2.56. The van der Waals surface area contributed by atoms with Crippen molar-refractivity contribution in [2.24, 2.45) is 5.73 Å². The molecule has 0 heterocycles. The first-order valence-electron chi connectivity index (χ1n) is 6.57. The van der Waals surface area contributed by atoms with Gasteiger partial charge < -0.3 is 5.73 Å². The third kappa shape index (κ3) is 8.00. The minimum atomic E-state index is -0.394. The van der Waals surface area contributed by atoms with Gasteiger partial charge in [0, 0.05) is 0 Å². The molecular formula is C13H31N2O3+. The molecule has 0 aliphatic rings. The van der Waals surface area contributed by atoms with Crippen LogP contribution in [-0.2, 0) is 14.5 Å². The molecule has 0 atom stereocenters. The molecule has 0 fully saturated rings. The van der Waals surface area contributed by atoms with E-state index < -0.39 is 11.2 Å². The highest BCUT2D eigenvalue weighted by atomic mass is 17.2. The summed E-state index contributed by atoms with van der Waals surface area (Å²) in [6.45, 7) is 16.5. The lowest BCUT2D eigenvalue weighted by atomic mass is 10.2. The molecule has 18 heavy (non-hydrogen) atoms. The van der Waals surface area contributed by atoms with Crippen LogP contribution in [0.3, 0.4) is 0 Å². The van der Waals surface area contributed by atoms with Gasteiger partial charge in [-0.15, -0.1) is 14.5 Å². The van der Waals surface area contributed by atoms with E-state index in [0.717, 1.165) is 0 Å². The highest BCUT2D eigenvalue weighted by Crippen LogP contribution is 2.26. The highest BCUT2D eigenvalue weighted by molar-refractivity contribution is 4.56. The van der Waals surface area contributed by atoms with Crippen molar-refractivity contribution in [2.45, 2.75) is 72.7 Å². The molecule has 0 rings (SSSR count). The largest absolute Gasteiger partial charge is 0.325 e. The van der Waals surface area contributed by atoms with Gasteiger partial charge in [0.25, 0.3) is 0 Å². The van der Waals surface area contributed by atoms with E-state index in [-0.39, 0.29) is 11.1 Å². The van der Waals surface area contributed by atoms with Crippen molar-refractivity contribution in [2.75, 3.05) is 13.1 Å². The Kier molecular flexibility index (Phi) is 6.23. The van der Waals surface area contributed by atoms with Crippen LogP contribution in [0.2, 0.25) is 0 Å². The van der Waals surface area contributed by atoms with Crippen LogP contribution in [-0.4, -0.2) is 35.4 Å². The lowest BCUT2D eigenvalue weighted by Crippen LogP contribution is -2.58. The van der Waals surface area contributed by atoms with Gasteiger partial charge >= 0.3 is 0 Å².